The molecule has 0 unspecified atom stereocenters. The Hall–Kier alpha value is -3.76. The van der Waals surface area contributed by atoms with Gasteiger partial charge in [0, 0.05) is 12.1 Å². The molecule has 0 aromatic heterocycles. The number of esters is 1. The second kappa shape index (κ2) is 10.8. The van der Waals surface area contributed by atoms with Gasteiger partial charge in [0.05, 0.1) is 5.56 Å². The predicted molar refractivity (Wildman–Crippen MR) is 152 cm³/mol. The van der Waals surface area contributed by atoms with Crippen molar-refractivity contribution in [3.63, 3.8) is 0 Å². The zero-order chi connectivity index (χ0) is 30.4. The molecule has 10 heteroatoms. The molecule has 5 rings (SSSR count). The number of ether oxygens (including phenoxy) is 2. The molecular weight excluding hydrogens is 585 g/mol. The number of carbonyl (C=O) groups is 1. The van der Waals surface area contributed by atoms with Gasteiger partial charge >= 0.3 is 12.1 Å². The lowest BCUT2D eigenvalue weighted by Gasteiger charge is -2.26. The number of sulfone groups is 1. The Morgan fingerprint density at radius 2 is 1.26 bits per heavy atom. The van der Waals surface area contributed by atoms with E-state index in [0.717, 1.165) is 37.9 Å². The number of halogens is 3. The van der Waals surface area contributed by atoms with Crippen LogP contribution in [0.2, 0.25) is 0 Å². The quantitative estimate of drug-likeness (QED) is 0.147. The van der Waals surface area contributed by atoms with Crippen LogP contribution >= 0.6 is 0 Å². The fraction of sp³-hybridized carbons (Fsp3) is 0.219. The number of benzene rings is 4. The summed E-state index contributed by atoms with van der Waals surface area (Å²) in [6, 6.07) is 22.4. The SMILES string of the molecule is Cc1cc([S+]2c3ccccc3S(=O)(=O)c3ccccc32)cc(C)c1OCC(=O)OC(C)(C)c1ccc(C(F)(F)F)cc1. The van der Waals surface area contributed by atoms with Gasteiger partial charge in [-0.05, 0) is 80.8 Å². The lowest BCUT2D eigenvalue weighted by atomic mass is 9.97. The Bertz CT molecular complexity index is 1700. The van der Waals surface area contributed by atoms with Gasteiger partial charge in [-0.25, -0.2) is 13.2 Å². The van der Waals surface area contributed by atoms with Crippen LogP contribution in [0.25, 0.3) is 0 Å². The van der Waals surface area contributed by atoms with Crippen molar-refractivity contribution in [1.29, 1.82) is 0 Å². The normalized spacial score (nSPS) is 14.5. The van der Waals surface area contributed by atoms with Crippen molar-refractivity contribution in [3.8, 4) is 5.75 Å². The van der Waals surface area contributed by atoms with E-state index in [1.54, 1.807) is 38.1 Å². The third-order valence-electron chi connectivity index (χ3n) is 7.00. The maximum Gasteiger partial charge on any atom is 0.416 e. The maximum atomic E-state index is 13.3. The molecule has 5 nitrogen and oxygen atoms in total. The van der Waals surface area contributed by atoms with Crippen LogP contribution in [-0.2, 0) is 42.0 Å². The van der Waals surface area contributed by atoms with Crippen molar-refractivity contribution < 1.29 is 35.9 Å². The van der Waals surface area contributed by atoms with E-state index in [-0.39, 0.29) is 0 Å². The van der Waals surface area contributed by atoms with E-state index in [1.807, 2.05) is 50.2 Å². The summed E-state index contributed by atoms with van der Waals surface area (Å²) < 4.78 is 76.9. The topological polar surface area (TPSA) is 69.7 Å². The Labute approximate surface area is 245 Å². The smallest absolute Gasteiger partial charge is 0.416 e. The molecule has 42 heavy (non-hydrogen) atoms. The molecule has 0 radical (unpaired) electrons. The van der Waals surface area contributed by atoms with Crippen LogP contribution in [0.1, 0.15) is 36.1 Å². The molecule has 0 aliphatic carbocycles. The minimum atomic E-state index is -4.46. The molecule has 1 aliphatic rings. The molecule has 0 amide bonds. The van der Waals surface area contributed by atoms with Crippen LogP contribution in [0, 0.1) is 13.8 Å². The molecule has 1 heterocycles. The van der Waals surface area contributed by atoms with Crippen molar-refractivity contribution in [1.82, 2.24) is 0 Å². The van der Waals surface area contributed by atoms with Gasteiger partial charge in [0.15, 0.2) is 21.3 Å². The second-order valence-electron chi connectivity index (χ2n) is 10.4. The Morgan fingerprint density at radius 1 is 0.786 bits per heavy atom. The Morgan fingerprint density at radius 3 is 1.76 bits per heavy atom. The maximum absolute atomic E-state index is 13.3. The summed E-state index contributed by atoms with van der Waals surface area (Å²) in [5.41, 5.74) is -0.0293. The van der Waals surface area contributed by atoms with Crippen molar-refractivity contribution >= 4 is 26.7 Å². The number of fused-ring (bicyclic) bond motifs is 2. The summed E-state index contributed by atoms with van der Waals surface area (Å²) in [6.07, 6.45) is -4.46. The van der Waals surface area contributed by atoms with E-state index in [2.05, 4.69) is 0 Å². The van der Waals surface area contributed by atoms with Crippen LogP contribution in [-0.4, -0.2) is 21.0 Å². The zero-order valence-corrected chi connectivity index (χ0v) is 24.9. The summed E-state index contributed by atoms with van der Waals surface area (Å²) in [5, 5.41) is 0. The minimum absolute atomic E-state index is 0.293. The van der Waals surface area contributed by atoms with E-state index in [0.29, 0.717) is 21.1 Å². The molecule has 0 spiro atoms. The summed E-state index contributed by atoms with van der Waals surface area (Å²) >= 11 is 0. The molecule has 0 saturated carbocycles. The summed E-state index contributed by atoms with van der Waals surface area (Å²) in [7, 11) is -4.34. The van der Waals surface area contributed by atoms with E-state index < -0.39 is 50.6 Å². The summed E-state index contributed by atoms with van der Waals surface area (Å²) in [6.45, 7) is 6.50. The van der Waals surface area contributed by atoms with Gasteiger partial charge < -0.3 is 9.47 Å². The van der Waals surface area contributed by atoms with Gasteiger partial charge in [-0.15, -0.1) is 0 Å². The first-order chi connectivity index (χ1) is 19.7. The summed E-state index contributed by atoms with van der Waals surface area (Å²) in [5.74, 6) is -0.178. The van der Waals surface area contributed by atoms with Crippen LogP contribution in [0.5, 0.6) is 5.75 Å². The molecule has 0 N–H and O–H groups in total. The number of aryl methyl sites for hydroxylation is 2. The van der Waals surface area contributed by atoms with Gasteiger partial charge in [0.2, 0.25) is 9.84 Å². The van der Waals surface area contributed by atoms with Gasteiger partial charge in [0.25, 0.3) is 0 Å². The highest BCUT2D eigenvalue weighted by Crippen LogP contribution is 2.45. The standard InChI is InChI=1S/C32H28F3O5S2/c1-20-17-24(41-25-9-5-7-11-27(25)42(37,38)28-12-8-6-10-26(28)41)18-21(2)30(20)39-19-29(36)40-31(3,4)22-13-15-23(16-14-22)32(33,34)35/h5-18H,19H2,1-4H3/q+1. The third-order valence-corrected chi connectivity index (χ3v) is 11.4. The number of carbonyl (C=O) groups excluding carboxylic acids is 1. The first kappa shape index (κ1) is 29.7. The van der Waals surface area contributed by atoms with E-state index >= 15 is 0 Å². The molecule has 4 aromatic rings. The van der Waals surface area contributed by atoms with E-state index in [1.165, 1.54) is 12.1 Å². The highest BCUT2D eigenvalue weighted by Gasteiger charge is 2.45. The highest BCUT2D eigenvalue weighted by atomic mass is 32.2. The average molecular weight is 614 g/mol. The lowest BCUT2D eigenvalue weighted by Crippen LogP contribution is -2.29. The van der Waals surface area contributed by atoms with Crippen molar-refractivity contribution in [2.45, 2.75) is 63.9 Å². The van der Waals surface area contributed by atoms with Gasteiger partial charge in [-0.3, -0.25) is 0 Å². The minimum Gasteiger partial charge on any atom is -0.481 e. The number of hydrogen-bond donors (Lipinski definition) is 0. The summed E-state index contributed by atoms with van der Waals surface area (Å²) in [4.78, 5) is 15.7. The second-order valence-corrected chi connectivity index (χ2v) is 14.3. The molecule has 218 valence electrons. The first-order valence-corrected chi connectivity index (χ1v) is 15.7. The lowest BCUT2D eigenvalue weighted by molar-refractivity contribution is -0.160. The van der Waals surface area contributed by atoms with Crippen LogP contribution < -0.4 is 4.74 Å². The van der Waals surface area contributed by atoms with Crippen LogP contribution in [0.15, 0.2) is 109 Å². The molecule has 0 atom stereocenters. The van der Waals surface area contributed by atoms with Crippen molar-refractivity contribution in [3.05, 3.63) is 107 Å². The average Bonchev–Trinajstić information content (AvgIpc) is 2.92. The largest absolute Gasteiger partial charge is 0.481 e. The fourth-order valence-electron chi connectivity index (χ4n) is 4.99. The molecule has 0 saturated heterocycles. The predicted octanol–water partition coefficient (Wildman–Crippen LogP) is 7.42. The zero-order valence-electron chi connectivity index (χ0n) is 23.3. The molecule has 4 aromatic carbocycles. The molecule has 0 fully saturated rings. The molecule has 0 bridgehead atoms. The van der Waals surface area contributed by atoms with E-state index in [4.69, 9.17) is 9.47 Å². The number of alkyl halides is 3. The number of hydrogen-bond acceptors (Lipinski definition) is 5. The van der Waals surface area contributed by atoms with Gasteiger partial charge in [-0.1, -0.05) is 36.4 Å². The van der Waals surface area contributed by atoms with Gasteiger partial charge in [-0.2, -0.15) is 13.2 Å². The van der Waals surface area contributed by atoms with Crippen LogP contribution in [0.3, 0.4) is 0 Å². The Kier molecular flexibility index (Phi) is 7.66. The van der Waals surface area contributed by atoms with Crippen LogP contribution in [0.4, 0.5) is 13.2 Å². The van der Waals surface area contributed by atoms with E-state index in [9.17, 15) is 26.4 Å². The fourth-order valence-corrected chi connectivity index (χ4v) is 9.87. The Balaban J connectivity index is 1.37. The third kappa shape index (κ3) is 5.53. The molecule has 1 aliphatic heterocycles. The monoisotopic (exact) mass is 613 g/mol. The van der Waals surface area contributed by atoms with Crippen molar-refractivity contribution in [2.24, 2.45) is 0 Å². The highest BCUT2D eigenvalue weighted by molar-refractivity contribution is 8.00. The number of rotatable bonds is 6. The first-order valence-electron chi connectivity index (χ1n) is 13.0. The van der Waals surface area contributed by atoms with Crippen molar-refractivity contribution in [2.75, 3.05) is 6.61 Å². The van der Waals surface area contributed by atoms with Gasteiger partial charge in [0.1, 0.15) is 32.0 Å². The molecular formula is C32H28F3O5S2+.